The fourth-order valence-electron chi connectivity index (χ4n) is 2.72. The van der Waals surface area contributed by atoms with Crippen molar-refractivity contribution in [1.82, 2.24) is 10.2 Å². The van der Waals surface area contributed by atoms with Gasteiger partial charge in [0.15, 0.2) is 0 Å². The van der Waals surface area contributed by atoms with Gasteiger partial charge in [-0.3, -0.25) is 0 Å². The highest BCUT2D eigenvalue weighted by Gasteiger charge is 2.18. The summed E-state index contributed by atoms with van der Waals surface area (Å²) in [7, 11) is 0. The molecule has 96 valence electrons. The Morgan fingerprint density at radius 1 is 1.19 bits per heavy atom. The Morgan fingerprint density at radius 2 is 1.88 bits per heavy atom. The topological polar surface area (TPSA) is 15.3 Å². The summed E-state index contributed by atoms with van der Waals surface area (Å²) < 4.78 is 0. The maximum Gasteiger partial charge on any atom is 0.00951 e. The van der Waals surface area contributed by atoms with Crippen LogP contribution in [-0.4, -0.2) is 36.6 Å². The van der Waals surface area contributed by atoms with E-state index in [-0.39, 0.29) is 0 Å². The van der Waals surface area contributed by atoms with Gasteiger partial charge in [-0.2, -0.15) is 0 Å². The van der Waals surface area contributed by atoms with E-state index < -0.39 is 0 Å². The average Bonchev–Trinajstić information content (AvgIpc) is 2.30. The minimum absolute atomic E-state index is 0.629. The number of nitrogens with one attached hydrogen (secondary N) is 1. The van der Waals surface area contributed by atoms with Crippen molar-refractivity contribution < 1.29 is 0 Å². The standard InChI is InChI=1S/C14H30N2/c1-4-16(12-8-11-15-13(2)3)14-9-6-5-7-10-14/h13-15H,4-12H2,1-3H3. The summed E-state index contributed by atoms with van der Waals surface area (Å²) in [5.41, 5.74) is 0. The van der Waals surface area contributed by atoms with E-state index in [4.69, 9.17) is 0 Å². The van der Waals surface area contributed by atoms with Crippen molar-refractivity contribution in [3.8, 4) is 0 Å². The molecule has 1 aliphatic carbocycles. The molecule has 1 fully saturated rings. The first-order valence-electron chi connectivity index (χ1n) is 7.21. The molecule has 1 saturated carbocycles. The third kappa shape index (κ3) is 5.31. The smallest absolute Gasteiger partial charge is 0.00951 e. The quantitative estimate of drug-likeness (QED) is 0.671. The van der Waals surface area contributed by atoms with Crippen LogP contribution in [0.1, 0.15) is 59.3 Å². The summed E-state index contributed by atoms with van der Waals surface area (Å²) in [5.74, 6) is 0. The van der Waals surface area contributed by atoms with Gasteiger partial charge in [-0.15, -0.1) is 0 Å². The van der Waals surface area contributed by atoms with E-state index in [2.05, 4.69) is 31.0 Å². The molecule has 1 N–H and O–H groups in total. The van der Waals surface area contributed by atoms with Gasteiger partial charge in [-0.05, 0) is 38.9 Å². The van der Waals surface area contributed by atoms with E-state index >= 15 is 0 Å². The van der Waals surface area contributed by atoms with Crippen LogP contribution < -0.4 is 5.32 Å². The number of nitrogens with zero attached hydrogens (tertiary/aromatic N) is 1. The van der Waals surface area contributed by atoms with Gasteiger partial charge in [-0.25, -0.2) is 0 Å². The molecule has 0 aromatic carbocycles. The molecule has 0 spiro atoms. The van der Waals surface area contributed by atoms with E-state index in [1.54, 1.807) is 0 Å². The molecule has 0 saturated heterocycles. The van der Waals surface area contributed by atoms with Gasteiger partial charge < -0.3 is 10.2 Å². The van der Waals surface area contributed by atoms with Crippen molar-refractivity contribution in [2.75, 3.05) is 19.6 Å². The summed E-state index contributed by atoms with van der Waals surface area (Å²) in [6, 6.07) is 1.52. The molecule has 0 aromatic rings. The molecule has 0 radical (unpaired) electrons. The molecule has 0 amide bonds. The Bertz CT molecular complexity index is 162. The van der Waals surface area contributed by atoms with E-state index in [0.29, 0.717) is 6.04 Å². The lowest BCUT2D eigenvalue weighted by Gasteiger charge is -2.33. The van der Waals surface area contributed by atoms with Crippen molar-refractivity contribution in [2.45, 2.75) is 71.4 Å². The van der Waals surface area contributed by atoms with E-state index in [0.717, 1.165) is 6.04 Å². The Kier molecular flexibility index (Phi) is 7.06. The summed E-state index contributed by atoms with van der Waals surface area (Å²) in [6.45, 7) is 10.4. The Hall–Kier alpha value is -0.0800. The highest BCUT2D eigenvalue weighted by atomic mass is 15.1. The van der Waals surface area contributed by atoms with Crippen LogP contribution in [0.25, 0.3) is 0 Å². The van der Waals surface area contributed by atoms with E-state index in [9.17, 15) is 0 Å². The van der Waals surface area contributed by atoms with Crippen LogP contribution >= 0.6 is 0 Å². The van der Waals surface area contributed by atoms with Crippen molar-refractivity contribution in [3.05, 3.63) is 0 Å². The van der Waals surface area contributed by atoms with Crippen LogP contribution in [0.5, 0.6) is 0 Å². The zero-order valence-electron chi connectivity index (χ0n) is 11.5. The van der Waals surface area contributed by atoms with Gasteiger partial charge >= 0.3 is 0 Å². The van der Waals surface area contributed by atoms with Crippen molar-refractivity contribution in [2.24, 2.45) is 0 Å². The molecule has 0 aliphatic heterocycles. The average molecular weight is 226 g/mol. The van der Waals surface area contributed by atoms with Crippen molar-refractivity contribution >= 4 is 0 Å². The van der Waals surface area contributed by atoms with Gasteiger partial charge in [0, 0.05) is 12.1 Å². The normalized spacial score (nSPS) is 18.6. The van der Waals surface area contributed by atoms with Crippen LogP contribution in [0.3, 0.4) is 0 Å². The summed E-state index contributed by atoms with van der Waals surface area (Å²) in [5, 5.41) is 3.50. The molecule has 16 heavy (non-hydrogen) atoms. The fraction of sp³-hybridized carbons (Fsp3) is 1.00. The van der Waals surface area contributed by atoms with Crippen molar-refractivity contribution in [1.29, 1.82) is 0 Å². The van der Waals surface area contributed by atoms with Gasteiger partial charge in [-0.1, -0.05) is 40.0 Å². The Morgan fingerprint density at radius 3 is 2.44 bits per heavy atom. The molecule has 2 nitrogen and oxygen atoms in total. The van der Waals surface area contributed by atoms with E-state index in [1.165, 1.54) is 58.2 Å². The number of hydrogen-bond acceptors (Lipinski definition) is 2. The third-order valence-corrected chi connectivity index (χ3v) is 3.67. The Labute approximate surface area is 102 Å². The highest BCUT2D eigenvalue weighted by molar-refractivity contribution is 4.75. The first-order chi connectivity index (χ1) is 7.74. The molecule has 0 aromatic heterocycles. The molecule has 0 unspecified atom stereocenters. The summed E-state index contributed by atoms with van der Waals surface area (Å²) >= 11 is 0. The zero-order valence-corrected chi connectivity index (χ0v) is 11.5. The molecule has 1 rings (SSSR count). The molecular formula is C14H30N2. The molecule has 0 heterocycles. The first kappa shape index (κ1) is 14.0. The molecule has 0 bridgehead atoms. The van der Waals surface area contributed by atoms with Crippen LogP contribution in [0, 0.1) is 0 Å². The number of rotatable bonds is 7. The van der Waals surface area contributed by atoms with Gasteiger partial charge in [0.1, 0.15) is 0 Å². The number of hydrogen-bond donors (Lipinski definition) is 1. The molecule has 1 aliphatic rings. The maximum absolute atomic E-state index is 3.50. The lowest BCUT2D eigenvalue weighted by molar-refractivity contribution is 0.161. The predicted octanol–water partition coefficient (Wildman–Crippen LogP) is 3.03. The molecular weight excluding hydrogens is 196 g/mol. The zero-order chi connectivity index (χ0) is 11.8. The monoisotopic (exact) mass is 226 g/mol. The van der Waals surface area contributed by atoms with Crippen LogP contribution in [0.15, 0.2) is 0 Å². The maximum atomic E-state index is 3.50. The lowest BCUT2D eigenvalue weighted by atomic mass is 9.94. The minimum Gasteiger partial charge on any atom is -0.314 e. The second-order valence-electron chi connectivity index (χ2n) is 5.38. The first-order valence-corrected chi connectivity index (χ1v) is 7.21. The molecule has 0 atom stereocenters. The second-order valence-corrected chi connectivity index (χ2v) is 5.38. The third-order valence-electron chi connectivity index (χ3n) is 3.67. The van der Waals surface area contributed by atoms with Crippen LogP contribution in [0.4, 0.5) is 0 Å². The summed E-state index contributed by atoms with van der Waals surface area (Å²) in [4.78, 5) is 2.70. The van der Waals surface area contributed by atoms with Gasteiger partial charge in [0.25, 0.3) is 0 Å². The van der Waals surface area contributed by atoms with Crippen LogP contribution in [-0.2, 0) is 0 Å². The van der Waals surface area contributed by atoms with Gasteiger partial charge in [0.2, 0.25) is 0 Å². The SMILES string of the molecule is CCN(CCCNC(C)C)C1CCCCC1. The Balaban J connectivity index is 2.15. The van der Waals surface area contributed by atoms with Crippen molar-refractivity contribution in [3.63, 3.8) is 0 Å². The highest BCUT2D eigenvalue weighted by Crippen LogP contribution is 2.22. The van der Waals surface area contributed by atoms with Crippen LogP contribution in [0.2, 0.25) is 0 Å². The molecule has 2 heteroatoms. The van der Waals surface area contributed by atoms with Gasteiger partial charge in [0.05, 0.1) is 0 Å². The predicted molar refractivity (Wildman–Crippen MR) is 71.9 cm³/mol. The summed E-state index contributed by atoms with van der Waals surface area (Å²) in [6.07, 6.45) is 8.53. The minimum atomic E-state index is 0.629. The fourth-order valence-corrected chi connectivity index (χ4v) is 2.72. The second kappa shape index (κ2) is 8.08. The largest absolute Gasteiger partial charge is 0.314 e. The van der Waals surface area contributed by atoms with E-state index in [1.807, 2.05) is 0 Å². The lowest BCUT2D eigenvalue weighted by Crippen LogP contribution is -2.38.